The minimum atomic E-state index is 0.0109. The fourth-order valence-electron chi connectivity index (χ4n) is 1.34. The largest absolute Gasteiger partial charge is 0.494 e. The molecule has 0 atom stereocenters. The SMILES string of the molecule is COc1ccc(C(C)(C)C)cc1N(N)O. The smallest absolute Gasteiger partial charge is 0.146 e. The van der Waals surface area contributed by atoms with Gasteiger partial charge in [0.1, 0.15) is 11.4 Å². The van der Waals surface area contributed by atoms with Crippen molar-refractivity contribution in [2.45, 2.75) is 26.2 Å². The van der Waals surface area contributed by atoms with Gasteiger partial charge in [0.2, 0.25) is 0 Å². The molecule has 0 fully saturated rings. The highest BCUT2D eigenvalue weighted by molar-refractivity contribution is 5.58. The average Bonchev–Trinajstić information content (AvgIpc) is 2.15. The Hall–Kier alpha value is -1.26. The predicted octanol–water partition coefficient (Wildman–Crippen LogP) is 2.06. The quantitative estimate of drug-likeness (QED) is 0.579. The lowest BCUT2D eigenvalue weighted by Crippen LogP contribution is -2.27. The van der Waals surface area contributed by atoms with Crippen LogP contribution < -0.4 is 15.8 Å². The van der Waals surface area contributed by atoms with E-state index >= 15 is 0 Å². The van der Waals surface area contributed by atoms with Crippen LogP contribution in [-0.2, 0) is 5.41 Å². The monoisotopic (exact) mass is 210 g/mol. The maximum atomic E-state index is 9.26. The maximum absolute atomic E-state index is 9.26. The van der Waals surface area contributed by atoms with Gasteiger partial charge in [0.25, 0.3) is 0 Å². The van der Waals surface area contributed by atoms with Crippen molar-refractivity contribution in [3.8, 4) is 5.75 Å². The van der Waals surface area contributed by atoms with Crippen molar-refractivity contribution in [1.29, 1.82) is 0 Å². The van der Waals surface area contributed by atoms with Gasteiger partial charge < -0.3 is 4.74 Å². The van der Waals surface area contributed by atoms with Crippen molar-refractivity contribution >= 4 is 5.69 Å². The number of ether oxygens (including phenoxy) is 1. The first kappa shape index (κ1) is 11.8. The van der Waals surface area contributed by atoms with Crippen LogP contribution in [0, 0.1) is 0 Å². The Kier molecular flexibility index (Phi) is 3.21. The van der Waals surface area contributed by atoms with Gasteiger partial charge in [-0.1, -0.05) is 26.8 Å². The molecule has 0 radical (unpaired) electrons. The highest BCUT2D eigenvalue weighted by Gasteiger charge is 2.17. The zero-order valence-corrected chi connectivity index (χ0v) is 9.61. The third-order valence-electron chi connectivity index (χ3n) is 2.29. The summed E-state index contributed by atoms with van der Waals surface area (Å²) in [6.07, 6.45) is 0. The van der Waals surface area contributed by atoms with Gasteiger partial charge in [-0.15, -0.1) is 0 Å². The minimum Gasteiger partial charge on any atom is -0.494 e. The summed E-state index contributed by atoms with van der Waals surface area (Å²) in [5, 5.41) is 9.83. The van der Waals surface area contributed by atoms with E-state index in [9.17, 15) is 5.21 Å². The van der Waals surface area contributed by atoms with E-state index < -0.39 is 0 Å². The molecule has 0 unspecified atom stereocenters. The lowest BCUT2D eigenvalue weighted by Gasteiger charge is -2.22. The summed E-state index contributed by atoms with van der Waals surface area (Å²) in [5.74, 6) is 5.86. The van der Waals surface area contributed by atoms with Crippen LogP contribution in [0.2, 0.25) is 0 Å². The topological polar surface area (TPSA) is 58.7 Å². The molecule has 1 aromatic rings. The highest BCUT2D eigenvalue weighted by atomic mass is 16.5. The lowest BCUT2D eigenvalue weighted by molar-refractivity contribution is 0.253. The second kappa shape index (κ2) is 4.08. The second-order valence-corrected chi connectivity index (χ2v) is 4.48. The van der Waals surface area contributed by atoms with E-state index in [2.05, 4.69) is 20.8 Å². The van der Waals surface area contributed by atoms with Crippen LogP contribution in [0.5, 0.6) is 5.75 Å². The molecule has 15 heavy (non-hydrogen) atoms. The summed E-state index contributed by atoms with van der Waals surface area (Å²) in [6.45, 7) is 6.28. The summed E-state index contributed by atoms with van der Waals surface area (Å²) in [4.78, 5) is 0. The van der Waals surface area contributed by atoms with Crippen molar-refractivity contribution in [2.75, 3.05) is 12.3 Å². The van der Waals surface area contributed by atoms with Crippen LogP contribution in [0.1, 0.15) is 26.3 Å². The summed E-state index contributed by atoms with van der Waals surface area (Å²) < 4.78 is 5.09. The maximum Gasteiger partial charge on any atom is 0.146 e. The van der Waals surface area contributed by atoms with Gasteiger partial charge in [-0.25, -0.2) is 5.84 Å². The zero-order chi connectivity index (χ0) is 11.6. The molecule has 4 heteroatoms. The second-order valence-electron chi connectivity index (χ2n) is 4.48. The fraction of sp³-hybridized carbons (Fsp3) is 0.455. The lowest BCUT2D eigenvalue weighted by atomic mass is 9.87. The first-order valence-electron chi connectivity index (χ1n) is 4.78. The summed E-state index contributed by atoms with van der Waals surface area (Å²) >= 11 is 0. The summed E-state index contributed by atoms with van der Waals surface area (Å²) in [7, 11) is 1.54. The van der Waals surface area contributed by atoms with Gasteiger partial charge >= 0.3 is 0 Å². The van der Waals surface area contributed by atoms with Gasteiger partial charge in [0.15, 0.2) is 0 Å². The number of nitrogens with zero attached hydrogens (tertiary/aromatic N) is 1. The summed E-state index contributed by atoms with van der Waals surface area (Å²) in [6, 6.07) is 5.58. The van der Waals surface area contributed by atoms with E-state index in [0.29, 0.717) is 16.6 Å². The Labute approximate surface area is 90.2 Å². The molecule has 1 rings (SSSR count). The van der Waals surface area contributed by atoms with Gasteiger partial charge in [-0.3, -0.25) is 5.21 Å². The number of hydrazine groups is 1. The minimum absolute atomic E-state index is 0.0109. The average molecular weight is 210 g/mol. The highest BCUT2D eigenvalue weighted by Crippen LogP contribution is 2.32. The molecule has 4 nitrogen and oxygen atoms in total. The van der Waals surface area contributed by atoms with Gasteiger partial charge in [0.05, 0.1) is 7.11 Å². The van der Waals surface area contributed by atoms with Crippen LogP contribution in [0.15, 0.2) is 18.2 Å². The number of methoxy groups -OCH3 is 1. The first-order valence-corrected chi connectivity index (χ1v) is 4.78. The molecule has 0 aromatic heterocycles. The third kappa shape index (κ3) is 2.61. The number of benzene rings is 1. The fourth-order valence-corrected chi connectivity index (χ4v) is 1.34. The van der Waals surface area contributed by atoms with E-state index in [1.54, 1.807) is 13.2 Å². The van der Waals surface area contributed by atoms with Crippen molar-refractivity contribution < 1.29 is 9.94 Å². The molecule has 0 spiro atoms. The molecule has 0 saturated heterocycles. The van der Waals surface area contributed by atoms with Crippen LogP contribution in [0.25, 0.3) is 0 Å². The number of anilines is 1. The molecule has 1 aromatic carbocycles. The van der Waals surface area contributed by atoms with Gasteiger partial charge in [-0.2, -0.15) is 5.17 Å². The molecule has 0 heterocycles. The van der Waals surface area contributed by atoms with Crippen molar-refractivity contribution in [1.82, 2.24) is 0 Å². The van der Waals surface area contributed by atoms with E-state index in [-0.39, 0.29) is 5.41 Å². The van der Waals surface area contributed by atoms with E-state index in [4.69, 9.17) is 10.6 Å². The Bertz CT molecular complexity index is 343. The molecular weight excluding hydrogens is 192 g/mol. The van der Waals surface area contributed by atoms with Crippen LogP contribution in [0.4, 0.5) is 5.69 Å². The van der Waals surface area contributed by atoms with Crippen LogP contribution in [0.3, 0.4) is 0 Å². The van der Waals surface area contributed by atoms with Crippen molar-refractivity contribution in [3.05, 3.63) is 23.8 Å². The third-order valence-corrected chi connectivity index (χ3v) is 2.29. The molecule has 0 amide bonds. The van der Waals surface area contributed by atoms with Crippen molar-refractivity contribution in [3.63, 3.8) is 0 Å². The Morgan fingerprint density at radius 2 is 1.93 bits per heavy atom. The molecule has 0 saturated carbocycles. The number of rotatable bonds is 2. The molecule has 84 valence electrons. The Morgan fingerprint density at radius 3 is 2.33 bits per heavy atom. The van der Waals surface area contributed by atoms with E-state index in [1.807, 2.05) is 12.1 Å². The Morgan fingerprint density at radius 1 is 1.33 bits per heavy atom. The number of nitrogens with two attached hydrogens (primary N) is 1. The standard InChI is InChI=1S/C11H18N2O2/c1-11(2,3)8-5-6-10(15-4)9(7-8)13(12)14/h5-7,14H,12H2,1-4H3. The number of hydrogen-bond donors (Lipinski definition) is 2. The summed E-state index contributed by atoms with van der Waals surface area (Å²) in [5.41, 5.74) is 1.56. The molecule has 0 aliphatic carbocycles. The molecule has 0 aliphatic heterocycles. The van der Waals surface area contributed by atoms with Crippen molar-refractivity contribution in [2.24, 2.45) is 5.84 Å². The molecule has 0 aliphatic rings. The van der Waals surface area contributed by atoms with Crippen LogP contribution in [-0.4, -0.2) is 12.3 Å². The first-order chi connectivity index (χ1) is 6.86. The number of hydrogen-bond acceptors (Lipinski definition) is 4. The zero-order valence-electron chi connectivity index (χ0n) is 9.61. The van der Waals surface area contributed by atoms with E-state index in [0.717, 1.165) is 5.56 Å². The molecule has 3 N–H and O–H groups in total. The Balaban J connectivity index is 3.22. The van der Waals surface area contributed by atoms with E-state index in [1.165, 1.54) is 0 Å². The van der Waals surface area contributed by atoms with Crippen LogP contribution >= 0.6 is 0 Å². The molecular formula is C11H18N2O2. The van der Waals surface area contributed by atoms with Gasteiger partial charge in [-0.05, 0) is 23.1 Å². The molecule has 0 bridgehead atoms. The normalized spacial score (nSPS) is 11.3. The predicted molar refractivity (Wildman–Crippen MR) is 60.1 cm³/mol. The van der Waals surface area contributed by atoms with Gasteiger partial charge in [0, 0.05) is 0 Å².